The lowest BCUT2D eigenvalue weighted by Gasteiger charge is -2.25. The lowest BCUT2D eigenvalue weighted by molar-refractivity contribution is -0.126. The molecule has 0 spiro atoms. The third-order valence-corrected chi connectivity index (χ3v) is 4.73. The molecule has 2 aromatic rings. The van der Waals surface area contributed by atoms with Crippen LogP contribution in [-0.2, 0) is 11.3 Å². The van der Waals surface area contributed by atoms with Gasteiger partial charge in [-0.3, -0.25) is 4.79 Å². The van der Waals surface area contributed by atoms with Crippen molar-refractivity contribution in [1.29, 1.82) is 0 Å². The molecule has 0 saturated heterocycles. The van der Waals surface area contributed by atoms with Crippen LogP contribution in [0.2, 0.25) is 0 Å². The van der Waals surface area contributed by atoms with Crippen LogP contribution in [0.25, 0.3) is 0 Å². The Kier molecular flexibility index (Phi) is 4.27. The van der Waals surface area contributed by atoms with E-state index >= 15 is 0 Å². The molecule has 138 valence electrons. The second-order valence-corrected chi connectivity index (χ2v) is 6.49. The normalized spacial score (nSPS) is 18.9. The number of methoxy groups -OCH3 is 1. The van der Waals surface area contributed by atoms with Crippen LogP contribution in [0.15, 0.2) is 59.8 Å². The molecule has 0 fully saturated rings. The summed E-state index contributed by atoms with van der Waals surface area (Å²) in [6.07, 6.45) is 0. The van der Waals surface area contributed by atoms with Gasteiger partial charge in [0.25, 0.3) is 5.91 Å². The van der Waals surface area contributed by atoms with E-state index in [1.807, 2.05) is 24.3 Å². The number of rotatable bonds is 4. The Morgan fingerprint density at radius 2 is 1.96 bits per heavy atom. The van der Waals surface area contributed by atoms with Crippen molar-refractivity contribution < 1.29 is 18.7 Å². The molecule has 27 heavy (non-hydrogen) atoms. The number of hydrogen-bond donors (Lipinski definition) is 2. The lowest BCUT2D eigenvalue weighted by atomic mass is 9.96. The van der Waals surface area contributed by atoms with E-state index in [2.05, 4.69) is 10.6 Å². The number of carbonyl (C=O) groups excluding carboxylic acids is 2. The van der Waals surface area contributed by atoms with Crippen molar-refractivity contribution in [3.8, 4) is 5.75 Å². The SMILES string of the molecule is COc1ccc(CN2CC3=C(C2=O)[C@@H](c2cccc(F)c2)NC(=O)N3)cc1. The van der Waals surface area contributed by atoms with Gasteiger partial charge in [-0.05, 0) is 35.4 Å². The lowest BCUT2D eigenvalue weighted by Crippen LogP contribution is -2.44. The first kappa shape index (κ1) is 17.1. The standard InChI is InChI=1S/C20H18FN3O3/c1-27-15-7-5-12(6-8-15)10-24-11-16-17(19(24)25)18(23-20(26)22-16)13-3-2-4-14(21)9-13/h2-9,18H,10-11H2,1H3,(H2,22,23,26)/t18-/m1/s1. The zero-order valence-electron chi connectivity index (χ0n) is 14.7. The fourth-order valence-corrected chi connectivity index (χ4v) is 3.44. The third kappa shape index (κ3) is 3.23. The summed E-state index contributed by atoms with van der Waals surface area (Å²) in [5.74, 6) is 0.150. The summed E-state index contributed by atoms with van der Waals surface area (Å²) >= 11 is 0. The second-order valence-electron chi connectivity index (χ2n) is 6.49. The fraction of sp³-hybridized carbons (Fsp3) is 0.200. The first-order valence-corrected chi connectivity index (χ1v) is 8.53. The number of urea groups is 1. The maximum atomic E-state index is 13.6. The Balaban J connectivity index is 1.59. The molecular weight excluding hydrogens is 349 g/mol. The second kappa shape index (κ2) is 6.75. The van der Waals surface area contributed by atoms with Gasteiger partial charge >= 0.3 is 6.03 Å². The molecule has 1 atom stereocenters. The number of hydrogen-bond acceptors (Lipinski definition) is 3. The van der Waals surface area contributed by atoms with Crippen molar-refractivity contribution in [2.45, 2.75) is 12.6 Å². The number of nitrogens with zero attached hydrogens (tertiary/aromatic N) is 1. The summed E-state index contributed by atoms with van der Waals surface area (Å²) in [6.45, 7) is 0.709. The summed E-state index contributed by atoms with van der Waals surface area (Å²) in [4.78, 5) is 26.7. The number of ether oxygens (including phenoxy) is 1. The van der Waals surface area contributed by atoms with Crippen molar-refractivity contribution >= 4 is 11.9 Å². The highest BCUT2D eigenvalue weighted by molar-refractivity contribution is 6.01. The minimum atomic E-state index is -0.669. The van der Waals surface area contributed by atoms with Crippen molar-refractivity contribution in [2.24, 2.45) is 0 Å². The van der Waals surface area contributed by atoms with Gasteiger partial charge in [-0.1, -0.05) is 24.3 Å². The number of carbonyl (C=O) groups is 2. The molecule has 7 heteroatoms. The maximum absolute atomic E-state index is 13.6. The molecule has 0 saturated carbocycles. The molecule has 0 aliphatic carbocycles. The van der Waals surface area contributed by atoms with E-state index < -0.39 is 17.9 Å². The summed E-state index contributed by atoms with van der Waals surface area (Å²) in [5.41, 5.74) is 2.50. The maximum Gasteiger partial charge on any atom is 0.319 e. The average Bonchev–Trinajstić information content (AvgIpc) is 2.97. The van der Waals surface area contributed by atoms with Gasteiger partial charge in [-0.25, -0.2) is 9.18 Å². The molecule has 4 rings (SSSR count). The molecule has 2 aliphatic rings. The fourth-order valence-electron chi connectivity index (χ4n) is 3.44. The number of nitrogens with one attached hydrogen (secondary N) is 2. The van der Waals surface area contributed by atoms with E-state index in [1.54, 1.807) is 24.1 Å². The van der Waals surface area contributed by atoms with Crippen LogP contribution in [0.4, 0.5) is 9.18 Å². The molecular formula is C20H18FN3O3. The molecule has 0 aromatic heterocycles. The highest BCUT2D eigenvalue weighted by atomic mass is 19.1. The van der Waals surface area contributed by atoms with E-state index in [-0.39, 0.29) is 5.91 Å². The van der Waals surface area contributed by atoms with Crippen LogP contribution in [0.3, 0.4) is 0 Å². The smallest absolute Gasteiger partial charge is 0.319 e. The van der Waals surface area contributed by atoms with Crippen LogP contribution in [0.5, 0.6) is 5.75 Å². The monoisotopic (exact) mass is 367 g/mol. The van der Waals surface area contributed by atoms with Crippen molar-refractivity contribution in [3.05, 3.63) is 76.7 Å². The van der Waals surface area contributed by atoms with Gasteiger partial charge in [0.15, 0.2) is 0 Å². The first-order chi connectivity index (χ1) is 13.0. The zero-order valence-corrected chi connectivity index (χ0v) is 14.7. The molecule has 6 nitrogen and oxygen atoms in total. The Morgan fingerprint density at radius 3 is 2.67 bits per heavy atom. The average molecular weight is 367 g/mol. The van der Waals surface area contributed by atoms with E-state index in [0.717, 1.165) is 11.3 Å². The zero-order chi connectivity index (χ0) is 19.0. The number of benzene rings is 2. The summed E-state index contributed by atoms with van der Waals surface area (Å²) in [7, 11) is 1.60. The van der Waals surface area contributed by atoms with Gasteiger partial charge in [0, 0.05) is 6.54 Å². The third-order valence-electron chi connectivity index (χ3n) is 4.73. The minimum absolute atomic E-state index is 0.178. The summed E-state index contributed by atoms with van der Waals surface area (Å²) < 4.78 is 18.8. The van der Waals surface area contributed by atoms with Crippen molar-refractivity contribution in [1.82, 2.24) is 15.5 Å². The van der Waals surface area contributed by atoms with E-state index in [0.29, 0.717) is 29.9 Å². The molecule has 0 unspecified atom stereocenters. The molecule has 0 radical (unpaired) electrons. The van der Waals surface area contributed by atoms with E-state index in [9.17, 15) is 14.0 Å². The summed E-state index contributed by atoms with van der Waals surface area (Å²) in [6, 6.07) is 12.3. The highest BCUT2D eigenvalue weighted by Crippen LogP contribution is 2.33. The van der Waals surface area contributed by atoms with Gasteiger partial charge in [0.2, 0.25) is 0 Å². The van der Waals surface area contributed by atoms with Gasteiger partial charge in [-0.2, -0.15) is 0 Å². The molecule has 2 heterocycles. The van der Waals surface area contributed by atoms with Gasteiger partial charge in [0.05, 0.1) is 31.0 Å². The van der Waals surface area contributed by atoms with E-state index in [1.165, 1.54) is 12.1 Å². The van der Waals surface area contributed by atoms with Crippen LogP contribution < -0.4 is 15.4 Å². The molecule has 2 aromatic carbocycles. The quantitative estimate of drug-likeness (QED) is 0.872. The topological polar surface area (TPSA) is 70.7 Å². The number of amides is 3. The van der Waals surface area contributed by atoms with Crippen molar-refractivity contribution in [3.63, 3.8) is 0 Å². The predicted molar refractivity (Wildman–Crippen MR) is 96.2 cm³/mol. The van der Waals surface area contributed by atoms with Gasteiger partial charge in [-0.15, -0.1) is 0 Å². The van der Waals surface area contributed by atoms with E-state index in [4.69, 9.17) is 4.74 Å². The van der Waals surface area contributed by atoms with Crippen LogP contribution in [0.1, 0.15) is 17.2 Å². The highest BCUT2D eigenvalue weighted by Gasteiger charge is 2.40. The number of halogens is 1. The van der Waals surface area contributed by atoms with Crippen LogP contribution in [-0.4, -0.2) is 30.5 Å². The summed E-state index contributed by atoms with van der Waals surface area (Å²) in [5, 5.41) is 5.43. The van der Waals surface area contributed by atoms with Crippen LogP contribution >= 0.6 is 0 Å². The van der Waals surface area contributed by atoms with Gasteiger partial charge < -0.3 is 20.3 Å². The van der Waals surface area contributed by atoms with Gasteiger partial charge in [0.1, 0.15) is 11.6 Å². The first-order valence-electron chi connectivity index (χ1n) is 8.53. The molecule has 0 bridgehead atoms. The van der Waals surface area contributed by atoms with Crippen LogP contribution in [0, 0.1) is 5.82 Å². The molecule has 3 amide bonds. The Bertz CT molecular complexity index is 940. The Hall–Kier alpha value is -3.35. The molecule has 2 N–H and O–H groups in total. The largest absolute Gasteiger partial charge is 0.497 e. The Morgan fingerprint density at radius 1 is 1.19 bits per heavy atom. The minimum Gasteiger partial charge on any atom is -0.497 e. The predicted octanol–water partition coefficient (Wildman–Crippen LogP) is 2.48. The molecule has 2 aliphatic heterocycles. The van der Waals surface area contributed by atoms with Crippen molar-refractivity contribution in [2.75, 3.05) is 13.7 Å². The Labute approximate surface area is 155 Å².